The molecule has 0 radical (unpaired) electrons. The van der Waals surface area contributed by atoms with Crippen molar-refractivity contribution in [2.24, 2.45) is 0 Å². The minimum absolute atomic E-state index is 0.143. The molecule has 4 aromatic rings. The Bertz CT molecular complexity index is 1750. The van der Waals surface area contributed by atoms with E-state index in [1.807, 2.05) is 83.2 Å². The fraction of sp³-hybridized carbons (Fsp3) is 0.417. The van der Waals surface area contributed by atoms with Crippen LogP contribution in [0.1, 0.15) is 64.8 Å². The summed E-state index contributed by atoms with van der Waals surface area (Å²) in [5, 5.41) is 15.5. The summed E-state index contributed by atoms with van der Waals surface area (Å²) in [6, 6.07) is 18.2. The number of piperidine rings is 1. The van der Waals surface area contributed by atoms with Gasteiger partial charge in [-0.15, -0.1) is 0 Å². The fourth-order valence-electron chi connectivity index (χ4n) is 6.18. The number of aliphatic carboxylic acids is 1. The molecule has 0 spiro atoms. The van der Waals surface area contributed by atoms with Gasteiger partial charge in [0, 0.05) is 36.0 Å². The molecule has 1 N–H and O–H groups in total. The molecule has 1 fully saturated rings. The number of hydrogen-bond acceptors (Lipinski definition) is 7. The predicted molar refractivity (Wildman–Crippen MR) is 175 cm³/mol. The molecule has 2 aromatic heterocycles. The minimum Gasteiger partial charge on any atom is -0.486 e. The van der Waals surface area contributed by atoms with E-state index in [-0.39, 0.29) is 11.7 Å². The number of rotatable bonds is 3. The Balaban J connectivity index is 1.55. The van der Waals surface area contributed by atoms with Gasteiger partial charge in [-0.25, -0.2) is 9.78 Å². The van der Waals surface area contributed by atoms with Crippen molar-refractivity contribution in [2.75, 3.05) is 24.6 Å². The van der Waals surface area contributed by atoms with Crippen molar-refractivity contribution in [3.8, 4) is 28.1 Å². The first kappa shape index (κ1) is 30.8. The molecule has 9 nitrogen and oxygen atoms in total. The van der Waals surface area contributed by atoms with Gasteiger partial charge >= 0.3 is 5.97 Å². The molecule has 0 saturated carbocycles. The first-order valence-electron chi connectivity index (χ1n) is 15.6. The van der Waals surface area contributed by atoms with E-state index in [0.29, 0.717) is 42.4 Å². The standard InChI is InChI=1S/C36H42N4O5/c1-23-11-10-20-43-36(6)16-18-39(19-17-36)33-31(32(34(41)42)45-35(3,4)5)24(2)37-30-22-28(38-40(30)33)26-13-9-12-25(21-26)27-14-7-8-15-29(27)44-23/h7-15,21-23,32H,16-20H2,1-6H3,(H,41,42)/b11-10-/t23-,32-/m0/s1. The lowest BCUT2D eigenvalue weighted by atomic mass is 9.92. The van der Waals surface area contributed by atoms with E-state index in [0.717, 1.165) is 41.0 Å². The van der Waals surface area contributed by atoms with Crippen LogP contribution in [0.3, 0.4) is 0 Å². The normalized spacial score (nSPS) is 21.8. The highest BCUT2D eigenvalue weighted by Gasteiger charge is 2.37. The summed E-state index contributed by atoms with van der Waals surface area (Å²) < 4.78 is 20.8. The molecular formula is C36H42N4O5. The SMILES string of the molecule is Cc1nc2cc3nn2c(c1[C@H](OC(C)(C)C)C(=O)O)N1CCC(C)(CC1)OC/C=C\[C@H](C)Oc1ccccc1-c1cccc-3c1. The van der Waals surface area contributed by atoms with E-state index >= 15 is 0 Å². The number of aromatic nitrogens is 3. The van der Waals surface area contributed by atoms with E-state index in [9.17, 15) is 9.90 Å². The first-order chi connectivity index (χ1) is 21.4. The quantitative estimate of drug-likeness (QED) is 0.247. The van der Waals surface area contributed by atoms with E-state index < -0.39 is 17.7 Å². The number of para-hydroxylation sites is 1. The number of carboxylic acid groups (broad SMARTS) is 1. The highest BCUT2D eigenvalue weighted by Crippen LogP contribution is 2.39. The van der Waals surface area contributed by atoms with Crippen molar-refractivity contribution in [1.29, 1.82) is 0 Å². The molecule has 0 aliphatic carbocycles. The monoisotopic (exact) mass is 610 g/mol. The average molecular weight is 611 g/mol. The summed E-state index contributed by atoms with van der Waals surface area (Å²) in [6.07, 6.45) is 4.22. The largest absolute Gasteiger partial charge is 0.486 e. The Kier molecular flexibility index (Phi) is 8.18. The Labute approximate surface area is 264 Å². The molecular weight excluding hydrogens is 568 g/mol. The molecule has 2 atom stereocenters. The van der Waals surface area contributed by atoms with Crippen LogP contribution in [0.15, 0.2) is 66.7 Å². The number of benzene rings is 2. The van der Waals surface area contributed by atoms with Crippen LogP contribution in [0.2, 0.25) is 0 Å². The summed E-state index contributed by atoms with van der Waals surface area (Å²) in [7, 11) is 0. The maximum absolute atomic E-state index is 12.8. The fourth-order valence-corrected chi connectivity index (χ4v) is 6.18. The molecule has 6 bridgehead atoms. The molecule has 0 amide bonds. The van der Waals surface area contributed by atoms with Crippen LogP contribution >= 0.6 is 0 Å². The number of hydrogen-bond donors (Lipinski definition) is 1. The van der Waals surface area contributed by atoms with Crippen LogP contribution in [-0.2, 0) is 14.3 Å². The van der Waals surface area contributed by atoms with Gasteiger partial charge in [0.1, 0.15) is 17.7 Å². The summed E-state index contributed by atoms with van der Waals surface area (Å²) in [5.41, 5.74) is 4.39. The molecule has 236 valence electrons. The van der Waals surface area contributed by atoms with E-state index in [1.54, 1.807) is 4.52 Å². The Morgan fingerprint density at radius 2 is 1.82 bits per heavy atom. The van der Waals surface area contributed by atoms with Gasteiger partial charge in [0.2, 0.25) is 0 Å². The summed E-state index contributed by atoms with van der Waals surface area (Å²) in [6.45, 7) is 13.4. The van der Waals surface area contributed by atoms with Crippen LogP contribution in [0.4, 0.5) is 5.82 Å². The number of ether oxygens (including phenoxy) is 3. The maximum atomic E-state index is 12.8. The molecule has 45 heavy (non-hydrogen) atoms. The summed E-state index contributed by atoms with van der Waals surface area (Å²) in [5.74, 6) is 0.430. The second-order valence-electron chi connectivity index (χ2n) is 13.3. The Hall–Kier alpha value is -4.21. The van der Waals surface area contributed by atoms with Gasteiger partial charge in [-0.2, -0.15) is 9.61 Å². The van der Waals surface area contributed by atoms with Crippen LogP contribution < -0.4 is 9.64 Å². The zero-order valence-electron chi connectivity index (χ0n) is 26.9. The third kappa shape index (κ3) is 6.46. The summed E-state index contributed by atoms with van der Waals surface area (Å²) >= 11 is 0. The minimum atomic E-state index is -1.22. The molecule has 3 aliphatic rings. The van der Waals surface area contributed by atoms with Crippen molar-refractivity contribution in [3.05, 3.63) is 78.0 Å². The van der Waals surface area contributed by atoms with Gasteiger partial charge in [-0.1, -0.05) is 42.5 Å². The van der Waals surface area contributed by atoms with Gasteiger partial charge in [-0.3, -0.25) is 0 Å². The number of fused-ring (bicyclic) bond motifs is 6. The number of aryl methyl sites for hydroxylation is 1. The third-order valence-electron chi connectivity index (χ3n) is 8.49. The first-order valence-corrected chi connectivity index (χ1v) is 15.6. The lowest BCUT2D eigenvalue weighted by Gasteiger charge is -2.41. The van der Waals surface area contributed by atoms with Gasteiger partial charge in [0.25, 0.3) is 0 Å². The van der Waals surface area contributed by atoms with Crippen molar-refractivity contribution in [2.45, 2.75) is 77.8 Å². The lowest BCUT2D eigenvalue weighted by molar-refractivity contribution is -0.160. The molecule has 3 aliphatic heterocycles. The maximum Gasteiger partial charge on any atom is 0.337 e. The van der Waals surface area contributed by atoms with Crippen LogP contribution in [0, 0.1) is 6.92 Å². The van der Waals surface area contributed by atoms with Crippen molar-refractivity contribution >= 4 is 17.4 Å². The van der Waals surface area contributed by atoms with Gasteiger partial charge in [0.15, 0.2) is 11.8 Å². The van der Waals surface area contributed by atoms with E-state index in [2.05, 4.69) is 30.0 Å². The molecule has 7 rings (SSSR count). The number of anilines is 1. The van der Waals surface area contributed by atoms with Crippen molar-refractivity contribution < 1.29 is 24.1 Å². The highest BCUT2D eigenvalue weighted by atomic mass is 16.5. The van der Waals surface area contributed by atoms with Crippen LogP contribution in [-0.4, -0.2) is 62.7 Å². The van der Waals surface area contributed by atoms with Gasteiger partial charge < -0.3 is 24.2 Å². The van der Waals surface area contributed by atoms with E-state index in [1.165, 1.54) is 0 Å². The molecule has 0 unspecified atom stereocenters. The zero-order valence-corrected chi connectivity index (χ0v) is 26.9. The van der Waals surface area contributed by atoms with Crippen LogP contribution in [0.5, 0.6) is 5.75 Å². The number of carbonyl (C=O) groups is 1. The predicted octanol–water partition coefficient (Wildman–Crippen LogP) is 7.03. The smallest absolute Gasteiger partial charge is 0.337 e. The Morgan fingerprint density at radius 1 is 1.09 bits per heavy atom. The highest BCUT2D eigenvalue weighted by molar-refractivity contribution is 5.80. The van der Waals surface area contributed by atoms with Crippen molar-refractivity contribution in [3.63, 3.8) is 0 Å². The molecule has 5 heterocycles. The Morgan fingerprint density at radius 3 is 2.56 bits per heavy atom. The molecule has 2 aromatic carbocycles. The van der Waals surface area contributed by atoms with E-state index in [4.69, 9.17) is 24.3 Å². The number of nitrogens with zero attached hydrogens (tertiary/aromatic N) is 4. The van der Waals surface area contributed by atoms with Crippen molar-refractivity contribution in [1.82, 2.24) is 14.6 Å². The molecule has 9 heteroatoms. The summed E-state index contributed by atoms with van der Waals surface area (Å²) in [4.78, 5) is 19.9. The van der Waals surface area contributed by atoms with Gasteiger partial charge in [-0.05, 0) is 78.2 Å². The second-order valence-corrected chi connectivity index (χ2v) is 13.3. The zero-order chi connectivity index (χ0) is 31.9. The number of carboxylic acids is 1. The molecule has 1 saturated heterocycles. The van der Waals surface area contributed by atoms with Gasteiger partial charge in [0.05, 0.1) is 29.1 Å². The van der Waals surface area contributed by atoms with Crippen LogP contribution in [0.25, 0.3) is 28.0 Å². The lowest BCUT2D eigenvalue weighted by Crippen LogP contribution is -2.45. The second kappa shape index (κ2) is 11.9. The topological polar surface area (TPSA) is 98.4 Å². The third-order valence-corrected chi connectivity index (χ3v) is 8.49. The average Bonchev–Trinajstić information content (AvgIpc) is 3.41.